The Morgan fingerprint density at radius 3 is 2.94 bits per heavy atom. The van der Waals surface area contributed by atoms with Gasteiger partial charge in [0.1, 0.15) is 5.75 Å². The van der Waals surface area contributed by atoms with Crippen molar-refractivity contribution < 1.29 is 4.74 Å². The highest BCUT2D eigenvalue weighted by atomic mass is 16.5. The molecule has 1 aromatic heterocycles. The highest BCUT2D eigenvalue weighted by Crippen LogP contribution is 2.20. The first-order chi connectivity index (χ1) is 8.83. The second-order valence-corrected chi connectivity index (χ2v) is 4.13. The van der Waals surface area contributed by atoms with Crippen LogP contribution in [-0.4, -0.2) is 23.4 Å². The van der Waals surface area contributed by atoms with E-state index >= 15 is 0 Å². The quantitative estimate of drug-likeness (QED) is 0.846. The van der Waals surface area contributed by atoms with Crippen molar-refractivity contribution in [3.8, 4) is 5.75 Å². The molecule has 1 N–H and O–H groups in total. The molecule has 0 unspecified atom stereocenters. The van der Waals surface area contributed by atoms with Gasteiger partial charge in [-0.1, -0.05) is 13.0 Å². The molecule has 0 aliphatic rings. The molecule has 96 valence electrons. The first kappa shape index (κ1) is 12.6. The van der Waals surface area contributed by atoms with Crippen molar-refractivity contribution in [2.75, 3.05) is 13.7 Å². The maximum absolute atomic E-state index is 5.39. The number of nitrogens with zero attached hydrogens (tertiary/aromatic N) is 2. The van der Waals surface area contributed by atoms with Crippen LogP contribution >= 0.6 is 0 Å². The zero-order chi connectivity index (χ0) is 12.8. The molecule has 0 spiro atoms. The Labute approximate surface area is 108 Å². The van der Waals surface area contributed by atoms with Gasteiger partial charge in [-0.3, -0.25) is 4.68 Å². The van der Waals surface area contributed by atoms with Crippen LogP contribution in [0.25, 0.3) is 0 Å². The van der Waals surface area contributed by atoms with Gasteiger partial charge in [-0.05, 0) is 30.3 Å². The summed E-state index contributed by atoms with van der Waals surface area (Å²) in [5.74, 6) is 0.908. The Bertz CT molecular complexity index is 480. The van der Waals surface area contributed by atoms with E-state index in [1.54, 1.807) is 13.3 Å². The number of methoxy groups -OCH3 is 1. The van der Waals surface area contributed by atoms with Crippen LogP contribution in [0.3, 0.4) is 0 Å². The third-order valence-electron chi connectivity index (χ3n) is 2.82. The molecular formula is C14H19N3O. The van der Waals surface area contributed by atoms with Gasteiger partial charge in [0.15, 0.2) is 0 Å². The van der Waals surface area contributed by atoms with Crippen molar-refractivity contribution in [1.29, 1.82) is 0 Å². The smallest absolute Gasteiger partial charge is 0.123 e. The van der Waals surface area contributed by atoms with Gasteiger partial charge in [0.05, 0.1) is 13.7 Å². The van der Waals surface area contributed by atoms with Crippen molar-refractivity contribution in [2.24, 2.45) is 0 Å². The van der Waals surface area contributed by atoms with Crippen molar-refractivity contribution >= 4 is 0 Å². The lowest BCUT2D eigenvalue weighted by Crippen LogP contribution is -2.12. The van der Waals surface area contributed by atoms with E-state index in [1.807, 2.05) is 23.0 Å². The summed E-state index contributed by atoms with van der Waals surface area (Å²) >= 11 is 0. The molecule has 4 heteroatoms. The molecule has 0 saturated heterocycles. The first-order valence-corrected chi connectivity index (χ1v) is 6.17. The molecule has 0 atom stereocenters. The van der Waals surface area contributed by atoms with Crippen LogP contribution in [0.4, 0.5) is 0 Å². The van der Waals surface area contributed by atoms with Crippen molar-refractivity contribution in [3.63, 3.8) is 0 Å². The molecule has 2 rings (SSSR count). The number of ether oxygens (including phenoxy) is 1. The van der Waals surface area contributed by atoms with E-state index in [4.69, 9.17) is 4.74 Å². The molecule has 1 aromatic carbocycles. The summed E-state index contributed by atoms with van der Waals surface area (Å²) in [5.41, 5.74) is 2.41. The molecule has 0 fully saturated rings. The summed E-state index contributed by atoms with van der Waals surface area (Å²) in [6.07, 6.45) is 3.74. The molecule has 0 aliphatic heterocycles. The highest BCUT2D eigenvalue weighted by Gasteiger charge is 2.05. The zero-order valence-electron chi connectivity index (χ0n) is 10.9. The lowest BCUT2D eigenvalue weighted by atomic mass is 10.1. The lowest BCUT2D eigenvalue weighted by Gasteiger charge is -2.11. The Morgan fingerprint density at radius 2 is 2.28 bits per heavy atom. The maximum Gasteiger partial charge on any atom is 0.123 e. The number of hydrogen-bond acceptors (Lipinski definition) is 3. The molecule has 0 aliphatic carbocycles. The summed E-state index contributed by atoms with van der Waals surface area (Å²) in [5, 5.41) is 7.55. The zero-order valence-corrected chi connectivity index (χ0v) is 10.9. The largest absolute Gasteiger partial charge is 0.496 e. The topological polar surface area (TPSA) is 39.1 Å². The standard InChI is InChI=1S/C14H19N3O/c1-3-15-10-12-5-6-14(18-2)13(9-12)11-17-8-4-7-16-17/h4-9,15H,3,10-11H2,1-2H3. The number of benzene rings is 1. The van der Waals surface area contributed by atoms with E-state index in [1.165, 1.54) is 5.56 Å². The van der Waals surface area contributed by atoms with E-state index in [9.17, 15) is 0 Å². The van der Waals surface area contributed by atoms with Crippen LogP contribution in [-0.2, 0) is 13.1 Å². The fraction of sp³-hybridized carbons (Fsp3) is 0.357. The maximum atomic E-state index is 5.39. The van der Waals surface area contributed by atoms with Crippen molar-refractivity contribution in [2.45, 2.75) is 20.0 Å². The molecule has 0 saturated carbocycles. The van der Waals surface area contributed by atoms with Crippen molar-refractivity contribution in [1.82, 2.24) is 15.1 Å². The van der Waals surface area contributed by atoms with Crippen LogP contribution < -0.4 is 10.1 Å². The number of nitrogens with one attached hydrogen (secondary N) is 1. The van der Waals surface area contributed by atoms with Crippen LogP contribution in [0.2, 0.25) is 0 Å². The lowest BCUT2D eigenvalue weighted by molar-refractivity contribution is 0.407. The van der Waals surface area contributed by atoms with Gasteiger partial charge in [0, 0.05) is 24.5 Å². The second-order valence-electron chi connectivity index (χ2n) is 4.13. The molecule has 2 aromatic rings. The fourth-order valence-electron chi connectivity index (χ4n) is 1.90. The summed E-state index contributed by atoms with van der Waals surface area (Å²) < 4.78 is 7.29. The molecule has 4 nitrogen and oxygen atoms in total. The average Bonchev–Trinajstić information content (AvgIpc) is 2.89. The molecule has 18 heavy (non-hydrogen) atoms. The molecule has 0 bridgehead atoms. The predicted molar refractivity (Wildman–Crippen MR) is 71.7 cm³/mol. The van der Waals surface area contributed by atoms with Gasteiger partial charge in [0.25, 0.3) is 0 Å². The van der Waals surface area contributed by atoms with E-state index in [2.05, 4.69) is 29.5 Å². The summed E-state index contributed by atoms with van der Waals surface area (Å²) in [6.45, 7) is 4.69. The van der Waals surface area contributed by atoms with Gasteiger partial charge >= 0.3 is 0 Å². The third kappa shape index (κ3) is 3.11. The van der Waals surface area contributed by atoms with Crippen LogP contribution in [0.15, 0.2) is 36.7 Å². The molecule has 0 radical (unpaired) electrons. The fourth-order valence-corrected chi connectivity index (χ4v) is 1.90. The predicted octanol–water partition coefficient (Wildman–Crippen LogP) is 2.05. The van der Waals surface area contributed by atoms with E-state index in [-0.39, 0.29) is 0 Å². The monoisotopic (exact) mass is 245 g/mol. The normalized spacial score (nSPS) is 10.6. The first-order valence-electron chi connectivity index (χ1n) is 6.17. The van der Waals surface area contributed by atoms with Crippen LogP contribution in [0.1, 0.15) is 18.1 Å². The van der Waals surface area contributed by atoms with E-state index in [0.29, 0.717) is 0 Å². The van der Waals surface area contributed by atoms with Gasteiger partial charge in [0.2, 0.25) is 0 Å². The minimum Gasteiger partial charge on any atom is -0.496 e. The Kier molecular flexibility index (Phi) is 4.36. The van der Waals surface area contributed by atoms with Gasteiger partial charge < -0.3 is 10.1 Å². The Hall–Kier alpha value is -1.81. The SMILES string of the molecule is CCNCc1ccc(OC)c(Cn2cccn2)c1. The Morgan fingerprint density at radius 1 is 1.39 bits per heavy atom. The summed E-state index contributed by atoms with van der Waals surface area (Å²) in [7, 11) is 1.70. The number of rotatable bonds is 6. The molecular weight excluding hydrogens is 226 g/mol. The van der Waals surface area contributed by atoms with Crippen LogP contribution in [0, 0.1) is 0 Å². The summed E-state index contributed by atoms with van der Waals surface area (Å²) in [4.78, 5) is 0. The van der Waals surface area contributed by atoms with E-state index < -0.39 is 0 Å². The van der Waals surface area contributed by atoms with Gasteiger partial charge in [-0.2, -0.15) is 5.10 Å². The molecule has 0 amide bonds. The minimum atomic E-state index is 0.732. The number of hydrogen-bond donors (Lipinski definition) is 1. The molecule has 1 heterocycles. The van der Waals surface area contributed by atoms with Crippen LogP contribution in [0.5, 0.6) is 5.75 Å². The van der Waals surface area contributed by atoms with E-state index in [0.717, 1.165) is 30.9 Å². The highest BCUT2D eigenvalue weighted by molar-refractivity contribution is 5.37. The second kappa shape index (κ2) is 6.21. The Balaban J connectivity index is 2.19. The minimum absolute atomic E-state index is 0.732. The average molecular weight is 245 g/mol. The van der Waals surface area contributed by atoms with Crippen molar-refractivity contribution in [3.05, 3.63) is 47.8 Å². The van der Waals surface area contributed by atoms with Gasteiger partial charge in [-0.15, -0.1) is 0 Å². The number of aromatic nitrogens is 2. The van der Waals surface area contributed by atoms with Gasteiger partial charge in [-0.25, -0.2) is 0 Å². The summed E-state index contributed by atoms with van der Waals surface area (Å²) in [6, 6.07) is 8.21. The third-order valence-corrected chi connectivity index (χ3v) is 2.82.